The van der Waals surface area contributed by atoms with Crippen molar-refractivity contribution in [2.75, 3.05) is 7.05 Å². The summed E-state index contributed by atoms with van der Waals surface area (Å²) in [7, 11) is -2.01. The van der Waals surface area contributed by atoms with Crippen LogP contribution in [-0.4, -0.2) is 31.6 Å². The summed E-state index contributed by atoms with van der Waals surface area (Å²) in [5.41, 5.74) is 5.27. The maximum Gasteiger partial charge on any atom is 0.243 e. The number of benzene rings is 1. The number of sulfonamides is 1. The molecule has 0 saturated carbocycles. The highest BCUT2D eigenvalue weighted by molar-refractivity contribution is 7.89. The van der Waals surface area contributed by atoms with Crippen LogP contribution in [-0.2, 0) is 10.0 Å². The molecule has 0 aliphatic rings. The largest absolute Gasteiger partial charge is 0.388 e. The summed E-state index contributed by atoms with van der Waals surface area (Å²) >= 11 is 0. The van der Waals surface area contributed by atoms with Crippen molar-refractivity contribution in [1.82, 2.24) is 4.31 Å². The molecule has 1 aromatic rings. The van der Waals surface area contributed by atoms with Crippen molar-refractivity contribution in [3.8, 4) is 0 Å². The molecule has 1 aromatic carbocycles. The number of hydrogen-bond acceptors (Lipinski definition) is 3. The Morgan fingerprint density at radius 1 is 1.41 bits per heavy atom. The Balaban J connectivity index is 2.95. The standard InChI is InChI=1S/C11H17N3O2S/c1-9(8-11(12)13)14(2)17(15,16)10-6-4-3-5-7-10/h3-7,9H,8H2,1-2H3,(H3,12,13). The first kappa shape index (κ1) is 13.7. The van der Waals surface area contributed by atoms with Gasteiger partial charge in [-0.1, -0.05) is 18.2 Å². The summed E-state index contributed by atoms with van der Waals surface area (Å²) in [5.74, 6) is -0.0207. The van der Waals surface area contributed by atoms with Crippen LogP contribution < -0.4 is 5.73 Å². The molecule has 0 fully saturated rings. The molecular weight excluding hydrogens is 238 g/mol. The van der Waals surface area contributed by atoms with Crippen LogP contribution in [0.2, 0.25) is 0 Å². The minimum Gasteiger partial charge on any atom is -0.388 e. The SMILES string of the molecule is CC(CC(=N)N)N(C)S(=O)(=O)c1ccccc1. The van der Waals surface area contributed by atoms with Gasteiger partial charge in [0.1, 0.15) is 0 Å². The summed E-state index contributed by atoms with van der Waals surface area (Å²) in [6.07, 6.45) is 0.225. The van der Waals surface area contributed by atoms with Crippen LogP contribution in [0.1, 0.15) is 13.3 Å². The highest BCUT2D eigenvalue weighted by Gasteiger charge is 2.25. The van der Waals surface area contributed by atoms with Gasteiger partial charge in [-0.3, -0.25) is 5.41 Å². The van der Waals surface area contributed by atoms with Crippen LogP contribution in [0.5, 0.6) is 0 Å². The Morgan fingerprint density at radius 3 is 2.41 bits per heavy atom. The predicted octanol–water partition coefficient (Wildman–Crippen LogP) is 1.02. The summed E-state index contributed by atoms with van der Waals surface area (Å²) in [4.78, 5) is 0.248. The Bertz CT molecular complexity index is 485. The second kappa shape index (κ2) is 5.29. The van der Waals surface area contributed by atoms with E-state index in [1.165, 1.54) is 11.4 Å². The molecular formula is C11H17N3O2S. The second-order valence-electron chi connectivity index (χ2n) is 3.91. The Labute approximate surface area is 102 Å². The van der Waals surface area contributed by atoms with Crippen molar-refractivity contribution in [2.24, 2.45) is 5.73 Å². The molecule has 0 aliphatic carbocycles. The Kier molecular flexibility index (Phi) is 4.25. The van der Waals surface area contributed by atoms with Gasteiger partial charge in [0.2, 0.25) is 10.0 Å². The average Bonchev–Trinajstić information content (AvgIpc) is 2.28. The first-order valence-corrected chi connectivity index (χ1v) is 6.65. The Morgan fingerprint density at radius 2 is 1.94 bits per heavy atom. The molecule has 0 aliphatic heterocycles. The molecule has 0 saturated heterocycles. The van der Waals surface area contributed by atoms with Gasteiger partial charge in [0.25, 0.3) is 0 Å². The van der Waals surface area contributed by atoms with Crippen LogP contribution >= 0.6 is 0 Å². The number of nitrogens with one attached hydrogen (secondary N) is 1. The predicted molar refractivity (Wildman–Crippen MR) is 67.4 cm³/mol. The fraction of sp³-hybridized carbons (Fsp3) is 0.364. The van der Waals surface area contributed by atoms with Crippen LogP contribution in [0, 0.1) is 5.41 Å². The number of hydrogen-bond donors (Lipinski definition) is 2. The molecule has 6 heteroatoms. The lowest BCUT2D eigenvalue weighted by Gasteiger charge is -2.23. The first-order chi connectivity index (χ1) is 7.85. The lowest BCUT2D eigenvalue weighted by Crippen LogP contribution is -2.37. The third-order valence-corrected chi connectivity index (χ3v) is 4.54. The zero-order valence-electron chi connectivity index (χ0n) is 9.92. The summed E-state index contributed by atoms with van der Waals surface area (Å²) in [5, 5.41) is 7.18. The van der Waals surface area contributed by atoms with Crippen LogP contribution in [0.15, 0.2) is 35.2 Å². The van der Waals surface area contributed by atoms with Crippen molar-refractivity contribution in [3.63, 3.8) is 0 Å². The normalized spacial score (nSPS) is 13.6. The van der Waals surface area contributed by atoms with Crippen molar-refractivity contribution < 1.29 is 8.42 Å². The minimum atomic E-state index is -3.50. The fourth-order valence-electron chi connectivity index (χ4n) is 1.44. The van der Waals surface area contributed by atoms with Gasteiger partial charge in [-0.05, 0) is 19.1 Å². The van der Waals surface area contributed by atoms with Crippen molar-refractivity contribution in [2.45, 2.75) is 24.3 Å². The van der Waals surface area contributed by atoms with Gasteiger partial charge in [-0.15, -0.1) is 0 Å². The average molecular weight is 255 g/mol. The molecule has 17 heavy (non-hydrogen) atoms. The van der Waals surface area contributed by atoms with Crippen LogP contribution in [0.4, 0.5) is 0 Å². The highest BCUT2D eigenvalue weighted by Crippen LogP contribution is 2.17. The molecule has 0 heterocycles. The van der Waals surface area contributed by atoms with Crippen molar-refractivity contribution in [3.05, 3.63) is 30.3 Å². The Hall–Kier alpha value is -1.40. The van der Waals surface area contributed by atoms with E-state index in [9.17, 15) is 8.42 Å². The van der Waals surface area contributed by atoms with E-state index < -0.39 is 10.0 Å². The van der Waals surface area contributed by atoms with E-state index in [1.807, 2.05) is 0 Å². The van der Waals surface area contributed by atoms with Crippen molar-refractivity contribution in [1.29, 1.82) is 5.41 Å². The van der Waals surface area contributed by atoms with E-state index in [0.717, 1.165) is 0 Å². The van der Waals surface area contributed by atoms with E-state index in [1.54, 1.807) is 37.3 Å². The lowest BCUT2D eigenvalue weighted by atomic mass is 10.2. The number of rotatable bonds is 5. The van der Waals surface area contributed by atoms with Gasteiger partial charge in [-0.2, -0.15) is 4.31 Å². The van der Waals surface area contributed by atoms with E-state index in [2.05, 4.69) is 0 Å². The maximum atomic E-state index is 12.2. The fourth-order valence-corrected chi connectivity index (χ4v) is 2.82. The molecule has 0 radical (unpaired) electrons. The number of amidine groups is 1. The smallest absolute Gasteiger partial charge is 0.243 e. The van der Waals surface area contributed by atoms with E-state index >= 15 is 0 Å². The van der Waals surface area contributed by atoms with Gasteiger partial charge in [-0.25, -0.2) is 8.42 Å². The summed E-state index contributed by atoms with van der Waals surface area (Å²) in [6, 6.07) is 7.88. The minimum absolute atomic E-state index is 0.0207. The van der Waals surface area contributed by atoms with Gasteiger partial charge in [0.15, 0.2) is 0 Å². The maximum absolute atomic E-state index is 12.2. The second-order valence-corrected chi connectivity index (χ2v) is 5.91. The van der Waals surface area contributed by atoms with Crippen molar-refractivity contribution >= 4 is 15.9 Å². The van der Waals surface area contributed by atoms with E-state index in [0.29, 0.717) is 0 Å². The van der Waals surface area contributed by atoms with E-state index in [4.69, 9.17) is 11.1 Å². The summed E-state index contributed by atoms with van der Waals surface area (Å²) in [6.45, 7) is 1.72. The molecule has 1 atom stereocenters. The third kappa shape index (κ3) is 3.28. The molecule has 0 aromatic heterocycles. The van der Waals surface area contributed by atoms with Gasteiger partial charge >= 0.3 is 0 Å². The zero-order chi connectivity index (χ0) is 13.1. The molecule has 0 amide bonds. The topological polar surface area (TPSA) is 87.2 Å². The molecule has 1 unspecified atom stereocenters. The van der Waals surface area contributed by atoms with Gasteiger partial charge < -0.3 is 5.73 Å². The lowest BCUT2D eigenvalue weighted by molar-refractivity contribution is 0.396. The molecule has 94 valence electrons. The number of nitrogens with two attached hydrogens (primary N) is 1. The first-order valence-electron chi connectivity index (χ1n) is 5.21. The van der Waals surface area contributed by atoms with Crippen LogP contribution in [0.25, 0.3) is 0 Å². The van der Waals surface area contributed by atoms with Crippen LogP contribution in [0.3, 0.4) is 0 Å². The van der Waals surface area contributed by atoms with E-state index in [-0.39, 0.29) is 23.2 Å². The highest BCUT2D eigenvalue weighted by atomic mass is 32.2. The molecule has 1 rings (SSSR count). The van der Waals surface area contributed by atoms with Gasteiger partial charge in [0, 0.05) is 19.5 Å². The molecule has 5 nitrogen and oxygen atoms in total. The number of nitrogens with zero attached hydrogens (tertiary/aromatic N) is 1. The third-order valence-electron chi connectivity index (χ3n) is 2.56. The quantitative estimate of drug-likeness (QED) is 0.608. The van der Waals surface area contributed by atoms with Gasteiger partial charge in [0.05, 0.1) is 10.7 Å². The zero-order valence-corrected chi connectivity index (χ0v) is 10.7. The molecule has 3 N–H and O–H groups in total. The summed E-state index contributed by atoms with van der Waals surface area (Å²) < 4.78 is 25.6. The molecule has 0 spiro atoms. The molecule has 0 bridgehead atoms. The monoisotopic (exact) mass is 255 g/mol.